The van der Waals surface area contributed by atoms with Crippen molar-refractivity contribution >= 4 is 16.0 Å². The summed E-state index contributed by atoms with van der Waals surface area (Å²) in [6.07, 6.45) is 4.23. The quantitative estimate of drug-likeness (QED) is 0.794. The van der Waals surface area contributed by atoms with Crippen LogP contribution in [0.1, 0.15) is 30.4 Å². The molecule has 0 spiro atoms. The second-order valence-corrected chi connectivity index (χ2v) is 7.47. The Morgan fingerprint density at radius 1 is 1.24 bits per heavy atom. The fourth-order valence-corrected chi connectivity index (χ4v) is 4.94. The topological polar surface area (TPSA) is 63.7 Å². The van der Waals surface area contributed by atoms with E-state index in [4.69, 9.17) is 4.74 Å². The van der Waals surface area contributed by atoms with Crippen LogP contribution in [0.3, 0.4) is 0 Å². The summed E-state index contributed by atoms with van der Waals surface area (Å²) in [6.45, 7) is 0.374. The lowest BCUT2D eigenvalue weighted by molar-refractivity contribution is -0.144. The van der Waals surface area contributed by atoms with Crippen LogP contribution in [0.4, 0.5) is 0 Å². The Balaban J connectivity index is 1.94. The highest BCUT2D eigenvalue weighted by molar-refractivity contribution is 7.89. The third-order valence-electron chi connectivity index (χ3n) is 4.35. The van der Waals surface area contributed by atoms with Gasteiger partial charge in [-0.05, 0) is 55.4 Å². The van der Waals surface area contributed by atoms with E-state index in [1.54, 1.807) is 12.1 Å². The Kier molecular flexibility index (Phi) is 3.75. The summed E-state index contributed by atoms with van der Waals surface area (Å²) in [4.78, 5) is 12.1. The van der Waals surface area contributed by atoms with Crippen molar-refractivity contribution in [3.05, 3.63) is 29.3 Å². The zero-order valence-corrected chi connectivity index (χ0v) is 12.9. The van der Waals surface area contributed by atoms with Crippen LogP contribution in [0.15, 0.2) is 23.1 Å². The lowest BCUT2D eigenvalue weighted by Crippen LogP contribution is -2.41. The van der Waals surface area contributed by atoms with Crippen molar-refractivity contribution in [2.24, 2.45) is 0 Å². The number of aryl methyl sites for hydroxylation is 2. The van der Waals surface area contributed by atoms with E-state index < -0.39 is 22.0 Å². The molecule has 1 heterocycles. The maximum absolute atomic E-state index is 12.8. The molecule has 1 aliphatic heterocycles. The highest BCUT2D eigenvalue weighted by Crippen LogP contribution is 2.30. The number of nitrogens with zero attached hydrogens (tertiary/aromatic N) is 1. The highest BCUT2D eigenvalue weighted by Gasteiger charge is 2.40. The molecule has 0 unspecified atom stereocenters. The van der Waals surface area contributed by atoms with Crippen molar-refractivity contribution in [3.63, 3.8) is 0 Å². The van der Waals surface area contributed by atoms with E-state index in [0.29, 0.717) is 24.3 Å². The number of fused-ring (bicyclic) bond motifs is 1. The zero-order valence-electron chi connectivity index (χ0n) is 12.0. The van der Waals surface area contributed by atoms with E-state index in [1.807, 2.05) is 6.07 Å². The van der Waals surface area contributed by atoms with E-state index in [1.165, 1.54) is 17.0 Å². The third kappa shape index (κ3) is 2.46. The van der Waals surface area contributed by atoms with E-state index >= 15 is 0 Å². The summed E-state index contributed by atoms with van der Waals surface area (Å²) in [5, 5.41) is 0. The summed E-state index contributed by atoms with van der Waals surface area (Å²) in [7, 11) is -2.34. The van der Waals surface area contributed by atoms with Crippen LogP contribution in [0.2, 0.25) is 0 Å². The van der Waals surface area contributed by atoms with Gasteiger partial charge in [0.05, 0.1) is 12.0 Å². The van der Waals surface area contributed by atoms with Gasteiger partial charge >= 0.3 is 5.97 Å². The fourth-order valence-electron chi connectivity index (χ4n) is 3.24. The summed E-state index contributed by atoms with van der Waals surface area (Å²) >= 11 is 0. The van der Waals surface area contributed by atoms with Gasteiger partial charge in [0.25, 0.3) is 0 Å². The van der Waals surface area contributed by atoms with Gasteiger partial charge in [-0.15, -0.1) is 0 Å². The van der Waals surface area contributed by atoms with Gasteiger partial charge in [-0.3, -0.25) is 4.79 Å². The lowest BCUT2D eigenvalue weighted by Gasteiger charge is -2.22. The molecule has 0 radical (unpaired) electrons. The molecule has 3 rings (SSSR count). The number of rotatable bonds is 3. The van der Waals surface area contributed by atoms with Gasteiger partial charge in [-0.2, -0.15) is 4.31 Å². The van der Waals surface area contributed by atoms with Crippen molar-refractivity contribution in [2.45, 2.75) is 43.0 Å². The first kappa shape index (κ1) is 14.5. The second-order valence-electron chi connectivity index (χ2n) is 5.58. The number of ether oxygens (including phenoxy) is 1. The minimum absolute atomic E-state index is 0.291. The Hall–Kier alpha value is -1.40. The second kappa shape index (κ2) is 5.42. The Morgan fingerprint density at radius 2 is 2.00 bits per heavy atom. The molecule has 6 heteroatoms. The maximum Gasteiger partial charge on any atom is 0.324 e. The minimum Gasteiger partial charge on any atom is -0.468 e. The van der Waals surface area contributed by atoms with E-state index in [9.17, 15) is 13.2 Å². The number of carbonyl (C=O) groups excluding carboxylic acids is 1. The standard InChI is InChI=1S/C15H19NO4S/c1-20-15(17)14-6-3-9-16(14)21(18,19)13-8-7-11-4-2-5-12(11)10-13/h7-8,10,14H,2-6,9H2,1H3/t14-/m1/s1. The van der Waals surface area contributed by atoms with Crippen LogP contribution in [-0.2, 0) is 32.4 Å². The molecule has 21 heavy (non-hydrogen) atoms. The van der Waals surface area contributed by atoms with Crippen molar-refractivity contribution in [1.82, 2.24) is 4.31 Å². The molecular formula is C15H19NO4S. The lowest BCUT2D eigenvalue weighted by atomic mass is 10.1. The van der Waals surface area contributed by atoms with Gasteiger partial charge in [-0.25, -0.2) is 8.42 Å². The van der Waals surface area contributed by atoms with Gasteiger partial charge in [0.15, 0.2) is 0 Å². The van der Waals surface area contributed by atoms with E-state index in [-0.39, 0.29) is 0 Å². The number of methoxy groups -OCH3 is 1. The Morgan fingerprint density at radius 3 is 2.76 bits per heavy atom. The summed E-state index contributed by atoms with van der Waals surface area (Å²) < 4.78 is 31.6. The molecule has 0 aromatic heterocycles. The Bertz CT molecular complexity index is 668. The van der Waals surface area contributed by atoms with Gasteiger partial charge in [0, 0.05) is 6.54 Å². The molecule has 2 aliphatic rings. The monoisotopic (exact) mass is 309 g/mol. The maximum atomic E-state index is 12.8. The molecule has 1 aromatic carbocycles. The van der Waals surface area contributed by atoms with E-state index in [2.05, 4.69) is 0 Å². The number of carbonyl (C=O) groups is 1. The first-order valence-electron chi connectivity index (χ1n) is 7.25. The average Bonchev–Trinajstić information content (AvgIpc) is 3.14. The van der Waals surface area contributed by atoms with E-state index in [0.717, 1.165) is 24.8 Å². The van der Waals surface area contributed by atoms with Crippen LogP contribution in [0.5, 0.6) is 0 Å². The first-order chi connectivity index (χ1) is 10.0. The van der Waals surface area contributed by atoms with Gasteiger partial charge < -0.3 is 4.74 Å². The molecule has 114 valence electrons. The summed E-state index contributed by atoms with van der Waals surface area (Å²) in [5.41, 5.74) is 2.35. The van der Waals surface area contributed by atoms with Crippen molar-refractivity contribution in [3.8, 4) is 0 Å². The smallest absolute Gasteiger partial charge is 0.324 e. The van der Waals surface area contributed by atoms with Crippen LogP contribution in [0.25, 0.3) is 0 Å². The van der Waals surface area contributed by atoms with Crippen molar-refractivity contribution in [2.75, 3.05) is 13.7 Å². The molecule has 1 atom stereocenters. The molecular weight excluding hydrogens is 290 g/mol. The molecule has 0 bridgehead atoms. The van der Waals surface area contributed by atoms with Crippen LogP contribution < -0.4 is 0 Å². The number of esters is 1. The van der Waals surface area contributed by atoms with Gasteiger partial charge in [-0.1, -0.05) is 6.07 Å². The summed E-state index contributed by atoms with van der Waals surface area (Å²) in [5.74, 6) is -0.475. The fraction of sp³-hybridized carbons (Fsp3) is 0.533. The van der Waals surface area contributed by atoms with Gasteiger partial charge in [0.2, 0.25) is 10.0 Å². The normalized spacial score (nSPS) is 22.2. The number of hydrogen-bond acceptors (Lipinski definition) is 4. The number of sulfonamides is 1. The molecule has 1 aromatic rings. The molecule has 0 amide bonds. The van der Waals surface area contributed by atoms with Crippen LogP contribution in [-0.4, -0.2) is 38.4 Å². The molecule has 0 saturated carbocycles. The predicted molar refractivity (Wildman–Crippen MR) is 77.4 cm³/mol. The molecule has 1 aliphatic carbocycles. The average molecular weight is 309 g/mol. The minimum atomic E-state index is -3.63. The number of hydrogen-bond donors (Lipinski definition) is 0. The van der Waals surface area contributed by atoms with Crippen LogP contribution >= 0.6 is 0 Å². The molecule has 1 fully saturated rings. The van der Waals surface area contributed by atoms with Crippen LogP contribution in [0, 0.1) is 0 Å². The zero-order chi connectivity index (χ0) is 15.0. The van der Waals surface area contributed by atoms with Crippen molar-refractivity contribution in [1.29, 1.82) is 0 Å². The Labute approximate surface area is 124 Å². The highest BCUT2D eigenvalue weighted by atomic mass is 32.2. The molecule has 1 saturated heterocycles. The SMILES string of the molecule is COC(=O)[C@H]1CCCN1S(=O)(=O)c1ccc2c(c1)CCC2. The predicted octanol–water partition coefficient (Wildman–Crippen LogP) is 1.50. The molecule has 0 N–H and O–H groups in total. The summed E-state index contributed by atoms with van der Waals surface area (Å²) in [6, 6.07) is 4.64. The third-order valence-corrected chi connectivity index (χ3v) is 6.26. The first-order valence-corrected chi connectivity index (χ1v) is 8.69. The van der Waals surface area contributed by atoms with Gasteiger partial charge in [0.1, 0.15) is 6.04 Å². The molecule has 5 nitrogen and oxygen atoms in total. The van der Waals surface area contributed by atoms with Crippen molar-refractivity contribution < 1.29 is 17.9 Å². The largest absolute Gasteiger partial charge is 0.468 e. The number of benzene rings is 1.